The van der Waals surface area contributed by atoms with Crippen LogP contribution in [0.2, 0.25) is 0 Å². The monoisotopic (exact) mass is 291 g/mol. The van der Waals surface area contributed by atoms with Gasteiger partial charge in [-0.2, -0.15) is 0 Å². The molecule has 2 N–H and O–H groups in total. The lowest BCUT2D eigenvalue weighted by Crippen LogP contribution is -2.31. The second kappa shape index (κ2) is 6.65. The quantitative estimate of drug-likeness (QED) is 0.884. The second-order valence-electron chi connectivity index (χ2n) is 4.32. The van der Waals surface area contributed by atoms with Gasteiger partial charge in [-0.1, -0.05) is 11.2 Å². The van der Waals surface area contributed by atoms with Gasteiger partial charge in [-0.05, 0) is 24.6 Å². The van der Waals surface area contributed by atoms with Crippen molar-refractivity contribution in [3.05, 3.63) is 36.1 Å². The van der Waals surface area contributed by atoms with E-state index in [2.05, 4.69) is 20.3 Å². The zero-order chi connectivity index (χ0) is 15.2. The fourth-order valence-corrected chi connectivity index (χ4v) is 1.83. The Morgan fingerprint density at radius 2 is 2.00 bits per heavy atom. The molecule has 0 aliphatic carbocycles. The van der Waals surface area contributed by atoms with E-state index < -0.39 is 0 Å². The molecular weight excluding hydrogens is 274 g/mol. The Morgan fingerprint density at radius 3 is 2.62 bits per heavy atom. The number of methoxy groups -OCH3 is 2. The Bertz CT molecular complexity index is 598. The normalized spacial score (nSPS) is 11.6. The van der Waals surface area contributed by atoms with Crippen molar-refractivity contribution in [2.24, 2.45) is 0 Å². The van der Waals surface area contributed by atoms with Gasteiger partial charge >= 0.3 is 6.03 Å². The van der Waals surface area contributed by atoms with Gasteiger partial charge in [0.25, 0.3) is 0 Å². The molecule has 1 heterocycles. The maximum atomic E-state index is 11.8. The van der Waals surface area contributed by atoms with Gasteiger partial charge in [-0.25, -0.2) is 4.79 Å². The first-order valence-corrected chi connectivity index (χ1v) is 6.34. The van der Waals surface area contributed by atoms with E-state index in [1.165, 1.54) is 6.26 Å². The molecule has 21 heavy (non-hydrogen) atoms. The lowest BCUT2D eigenvalue weighted by molar-refractivity contribution is 0.249. The first-order chi connectivity index (χ1) is 10.1. The molecule has 2 aromatic rings. The third kappa shape index (κ3) is 3.65. The van der Waals surface area contributed by atoms with Crippen LogP contribution in [-0.4, -0.2) is 25.4 Å². The van der Waals surface area contributed by atoms with E-state index in [1.54, 1.807) is 26.4 Å². The van der Waals surface area contributed by atoms with Crippen LogP contribution in [0.3, 0.4) is 0 Å². The van der Waals surface area contributed by atoms with Gasteiger partial charge < -0.3 is 19.3 Å². The Hall–Kier alpha value is -2.70. The lowest BCUT2D eigenvalue weighted by Gasteiger charge is -2.16. The molecular formula is C14H17N3O4. The van der Waals surface area contributed by atoms with Crippen molar-refractivity contribution in [2.75, 3.05) is 19.5 Å². The number of rotatable bonds is 5. The average molecular weight is 291 g/mol. The SMILES string of the molecule is COc1ccc(C(C)NC(=O)Nc2ccon2)cc1OC. The van der Waals surface area contributed by atoms with Crippen molar-refractivity contribution in [1.29, 1.82) is 0 Å². The molecule has 0 bridgehead atoms. The average Bonchev–Trinajstić information content (AvgIpc) is 2.99. The number of carbonyl (C=O) groups excluding carboxylic acids is 1. The molecule has 0 aliphatic rings. The topological polar surface area (TPSA) is 85.6 Å². The molecule has 0 aliphatic heterocycles. The number of anilines is 1. The van der Waals surface area contributed by atoms with Gasteiger partial charge in [-0.3, -0.25) is 5.32 Å². The van der Waals surface area contributed by atoms with E-state index in [0.29, 0.717) is 17.3 Å². The number of amides is 2. The van der Waals surface area contributed by atoms with Gasteiger partial charge in [-0.15, -0.1) is 0 Å². The minimum Gasteiger partial charge on any atom is -0.493 e. The number of hydrogen-bond acceptors (Lipinski definition) is 5. The van der Waals surface area contributed by atoms with Crippen LogP contribution in [0.25, 0.3) is 0 Å². The maximum absolute atomic E-state index is 11.8. The summed E-state index contributed by atoms with van der Waals surface area (Å²) in [4.78, 5) is 11.8. The summed E-state index contributed by atoms with van der Waals surface area (Å²) in [6.07, 6.45) is 1.38. The van der Waals surface area contributed by atoms with Crippen molar-refractivity contribution in [3.63, 3.8) is 0 Å². The highest BCUT2D eigenvalue weighted by molar-refractivity contribution is 5.88. The van der Waals surface area contributed by atoms with Crippen LogP contribution in [0.5, 0.6) is 11.5 Å². The molecule has 0 saturated heterocycles. The standard InChI is InChI=1S/C14H17N3O4/c1-9(15-14(18)16-13-6-7-21-17-13)10-4-5-11(19-2)12(8-10)20-3/h4-9H,1-3H3,(H2,15,16,17,18). The summed E-state index contributed by atoms with van der Waals surface area (Å²) in [6, 6.07) is 6.45. The van der Waals surface area contributed by atoms with Gasteiger partial charge in [0, 0.05) is 6.07 Å². The van der Waals surface area contributed by atoms with E-state index in [9.17, 15) is 4.79 Å². The van der Waals surface area contributed by atoms with Crippen molar-refractivity contribution in [3.8, 4) is 11.5 Å². The van der Waals surface area contributed by atoms with Gasteiger partial charge in [0.05, 0.1) is 20.3 Å². The summed E-state index contributed by atoms with van der Waals surface area (Å²) < 4.78 is 15.1. The summed E-state index contributed by atoms with van der Waals surface area (Å²) in [7, 11) is 3.14. The van der Waals surface area contributed by atoms with Crippen molar-refractivity contribution in [1.82, 2.24) is 10.5 Å². The highest BCUT2D eigenvalue weighted by Gasteiger charge is 2.13. The number of urea groups is 1. The van der Waals surface area contributed by atoms with Crippen molar-refractivity contribution in [2.45, 2.75) is 13.0 Å². The van der Waals surface area contributed by atoms with Gasteiger partial charge in [0.1, 0.15) is 6.26 Å². The molecule has 0 radical (unpaired) electrons. The summed E-state index contributed by atoms with van der Waals surface area (Å²) in [5, 5.41) is 8.96. The molecule has 7 nitrogen and oxygen atoms in total. The summed E-state index contributed by atoms with van der Waals surface area (Å²) in [5.74, 6) is 1.60. The highest BCUT2D eigenvalue weighted by atomic mass is 16.5. The van der Waals surface area contributed by atoms with Crippen LogP contribution in [0.15, 0.2) is 35.1 Å². The molecule has 1 aromatic heterocycles. The summed E-state index contributed by atoms with van der Waals surface area (Å²) >= 11 is 0. The van der Waals surface area contributed by atoms with E-state index in [1.807, 2.05) is 19.1 Å². The van der Waals surface area contributed by atoms with Crippen LogP contribution in [0.4, 0.5) is 10.6 Å². The Morgan fingerprint density at radius 1 is 1.24 bits per heavy atom. The lowest BCUT2D eigenvalue weighted by atomic mass is 10.1. The number of hydrogen-bond donors (Lipinski definition) is 2. The Labute approximate surface area is 122 Å². The molecule has 1 atom stereocenters. The number of ether oxygens (including phenoxy) is 2. The van der Waals surface area contributed by atoms with Gasteiger partial charge in [0.15, 0.2) is 17.3 Å². The van der Waals surface area contributed by atoms with E-state index in [0.717, 1.165) is 5.56 Å². The first kappa shape index (κ1) is 14.7. The van der Waals surface area contributed by atoms with E-state index in [-0.39, 0.29) is 12.1 Å². The fraction of sp³-hybridized carbons (Fsp3) is 0.286. The van der Waals surface area contributed by atoms with E-state index in [4.69, 9.17) is 9.47 Å². The number of nitrogens with zero attached hydrogens (tertiary/aromatic N) is 1. The largest absolute Gasteiger partial charge is 0.493 e. The Kier molecular flexibility index (Phi) is 4.65. The molecule has 0 spiro atoms. The fourth-order valence-electron chi connectivity index (χ4n) is 1.83. The van der Waals surface area contributed by atoms with E-state index >= 15 is 0 Å². The maximum Gasteiger partial charge on any atom is 0.320 e. The number of benzene rings is 1. The predicted octanol–water partition coefficient (Wildman–Crippen LogP) is 2.57. The van der Waals surface area contributed by atoms with Crippen LogP contribution >= 0.6 is 0 Å². The molecule has 0 saturated carbocycles. The van der Waals surface area contributed by atoms with Gasteiger partial charge in [0.2, 0.25) is 0 Å². The molecule has 1 aromatic carbocycles. The molecule has 112 valence electrons. The molecule has 0 fully saturated rings. The minimum atomic E-state index is -0.369. The second-order valence-corrected chi connectivity index (χ2v) is 4.32. The molecule has 2 amide bonds. The Balaban J connectivity index is 2.02. The summed E-state index contributed by atoms with van der Waals surface area (Å²) in [5.41, 5.74) is 0.892. The van der Waals surface area contributed by atoms with Crippen molar-refractivity contribution < 1.29 is 18.8 Å². The zero-order valence-corrected chi connectivity index (χ0v) is 12.0. The third-order valence-corrected chi connectivity index (χ3v) is 2.93. The van der Waals surface area contributed by atoms with Crippen LogP contribution in [0, 0.1) is 0 Å². The molecule has 2 rings (SSSR count). The molecule has 1 unspecified atom stereocenters. The summed E-state index contributed by atoms with van der Waals surface area (Å²) in [6.45, 7) is 1.86. The number of nitrogens with one attached hydrogen (secondary N) is 2. The molecule has 7 heteroatoms. The van der Waals surface area contributed by atoms with Crippen LogP contribution < -0.4 is 20.1 Å². The smallest absolute Gasteiger partial charge is 0.320 e. The third-order valence-electron chi connectivity index (χ3n) is 2.93. The number of aromatic nitrogens is 1. The highest BCUT2D eigenvalue weighted by Crippen LogP contribution is 2.29. The van der Waals surface area contributed by atoms with Crippen LogP contribution in [0.1, 0.15) is 18.5 Å². The predicted molar refractivity (Wildman–Crippen MR) is 76.6 cm³/mol. The van der Waals surface area contributed by atoms with Crippen LogP contribution in [-0.2, 0) is 0 Å². The minimum absolute atomic E-state index is 0.211. The first-order valence-electron chi connectivity index (χ1n) is 6.34. The van der Waals surface area contributed by atoms with Crippen molar-refractivity contribution >= 4 is 11.8 Å². The number of carbonyl (C=O) groups is 1. The zero-order valence-electron chi connectivity index (χ0n) is 12.0.